The molecule has 9 nitrogen and oxygen atoms in total. The first-order valence-corrected chi connectivity index (χ1v) is 10.8. The van der Waals surface area contributed by atoms with E-state index in [4.69, 9.17) is 9.47 Å². The summed E-state index contributed by atoms with van der Waals surface area (Å²) in [5, 5.41) is 12.3. The Morgan fingerprint density at radius 1 is 1.12 bits per heavy atom. The molecule has 0 aliphatic carbocycles. The summed E-state index contributed by atoms with van der Waals surface area (Å²) in [5.74, 6) is -3.55. The van der Waals surface area contributed by atoms with E-state index in [0.717, 1.165) is 12.1 Å². The van der Waals surface area contributed by atoms with Gasteiger partial charge in [-0.15, -0.1) is 0 Å². The molecule has 11 heteroatoms. The number of pyridine rings is 1. The number of hydrogen-bond donors (Lipinski definition) is 1. The molecule has 0 radical (unpaired) electrons. The summed E-state index contributed by atoms with van der Waals surface area (Å²) >= 11 is 0. The average molecular weight is 479 g/mol. The van der Waals surface area contributed by atoms with Crippen molar-refractivity contribution in [1.82, 2.24) is 9.58 Å². The Bertz CT molecular complexity index is 1120. The van der Waals surface area contributed by atoms with Crippen LogP contribution >= 0.6 is 0 Å². The Balaban J connectivity index is 1.92. The molecule has 2 heterocycles. The molecule has 1 aliphatic rings. The highest BCUT2D eigenvalue weighted by atomic mass is 19.1. The van der Waals surface area contributed by atoms with Crippen LogP contribution in [0.25, 0.3) is 0 Å². The van der Waals surface area contributed by atoms with Gasteiger partial charge in [0.2, 0.25) is 5.43 Å². The molecule has 0 saturated carbocycles. The van der Waals surface area contributed by atoms with Crippen LogP contribution in [0.3, 0.4) is 0 Å². The molecule has 1 aliphatic heterocycles. The maximum Gasteiger partial charge on any atom is 0.277 e. The van der Waals surface area contributed by atoms with Gasteiger partial charge < -0.3 is 19.5 Å². The lowest BCUT2D eigenvalue weighted by atomic mass is 10.0. The van der Waals surface area contributed by atoms with Crippen LogP contribution in [-0.2, 0) is 15.9 Å². The van der Waals surface area contributed by atoms with Crippen molar-refractivity contribution in [3.8, 4) is 5.75 Å². The molecule has 184 valence electrons. The van der Waals surface area contributed by atoms with Gasteiger partial charge in [-0.2, -0.15) is 0 Å². The van der Waals surface area contributed by atoms with E-state index in [1.165, 1.54) is 28.9 Å². The molecule has 34 heavy (non-hydrogen) atoms. The van der Waals surface area contributed by atoms with Crippen LogP contribution in [0.1, 0.15) is 39.3 Å². The Hall–Kier alpha value is -3.31. The van der Waals surface area contributed by atoms with E-state index in [-0.39, 0.29) is 49.5 Å². The van der Waals surface area contributed by atoms with Gasteiger partial charge in [-0.25, -0.2) is 8.78 Å². The van der Waals surface area contributed by atoms with Crippen molar-refractivity contribution in [2.45, 2.75) is 19.3 Å². The topological polar surface area (TPSA) is 101 Å². The minimum atomic E-state index is -0.977. The van der Waals surface area contributed by atoms with Crippen molar-refractivity contribution < 1.29 is 33.0 Å². The van der Waals surface area contributed by atoms with Crippen molar-refractivity contribution in [1.29, 1.82) is 0 Å². The number of rotatable bonds is 11. The predicted octanol–water partition coefficient (Wildman–Crippen LogP) is 1.68. The largest absolute Gasteiger partial charge is 0.502 e. The fraction of sp³-hybridized carbons (Fsp3) is 0.435. The van der Waals surface area contributed by atoms with Crippen molar-refractivity contribution in [2.24, 2.45) is 0 Å². The summed E-state index contributed by atoms with van der Waals surface area (Å²) in [7, 11) is 3.05. The molecular formula is C23H27F2N3O6. The quantitative estimate of drug-likeness (QED) is 0.387. The molecule has 1 aromatic heterocycles. The molecule has 1 aromatic carbocycles. The van der Waals surface area contributed by atoms with Crippen molar-refractivity contribution in [3.63, 3.8) is 0 Å². The number of carbonyl (C=O) groups excluding carboxylic acids is 2. The van der Waals surface area contributed by atoms with Crippen LogP contribution in [0, 0.1) is 11.6 Å². The van der Waals surface area contributed by atoms with E-state index in [1.807, 2.05) is 0 Å². The van der Waals surface area contributed by atoms with Gasteiger partial charge in [0.1, 0.15) is 18.3 Å². The van der Waals surface area contributed by atoms with Gasteiger partial charge in [-0.1, -0.05) is 6.07 Å². The van der Waals surface area contributed by atoms with E-state index >= 15 is 0 Å². The van der Waals surface area contributed by atoms with Crippen molar-refractivity contribution in [3.05, 3.63) is 63.1 Å². The summed E-state index contributed by atoms with van der Waals surface area (Å²) in [6.07, 6.45) is 1.52. The number of halogens is 2. The Morgan fingerprint density at radius 3 is 2.53 bits per heavy atom. The number of amides is 1. The van der Waals surface area contributed by atoms with Crippen molar-refractivity contribution >= 4 is 11.7 Å². The van der Waals surface area contributed by atoms with Crippen LogP contribution in [-0.4, -0.2) is 73.6 Å². The highest BCUT2D eigenvalue weighted by Crippen LogP contribution is 2.22. The van der Waals surface area contributed by atoms with E-state index in [0.29, 0.717) is 19.6 Å². The smallest absolute Gasteiger partial charge is 0.277 e. The number of aromatic nitrogens is 1. The predicted molar refractivity (Wildman–Crippen MR) is 119 cm³/mol. The fourth-order valence-electron chi connectivity index (χ4n) is 3.74. The van der Waals surface area contributed by atoms with Crippen LogP contribution in [0.4, 0.5) is 8.78 Å². The highest BCUT2D eigenvalue weighted by molar-refractivity contribution is 6.00. The maximum absolute atomic E-state index is 13.9. The van der Waals surface area contributed by atoms with Gasteiger partial charge in [0.05, 0.1) is 12.2 Å². The van der Waals surface area contributed by atoms with E-state index < -0.39 is 34.5 Å². The summed E-state index contributed by atoms with van der Waals surface area (Å²) in [4.78, 5) is 40.0. The van der Waals surface area contributed by atoms with Gasteiger partial charge in [-0.3, -0.25) is 24.1 Å². The van der Waals surface area contributed by atoms with Gasteiger partial charge in [0, 0.05) is 52.6 Å². The van der Waals surface area contributed by atoms with Gasteiger partial charge in [0.25, 0.3) is 5.91 Å². The number of ether oxygens (including phenoxy) is 2. The third-order valence-electron chi connectivity index (χ3n) is 5.56. The number of benzene rings is 1. The third-order valence-corrected chi connectivity index (χ3v) is 5.56. The number of nitrogens with zero attached hydrogens (tertiary/aromatic N) is 3. The fourth-order valence-corrected chi connectivity index (χ4v) is 3.74. The number of Topliss-reactive ketones (excluding diaryl/α,β-unsaturated/α-hetero) is 1. The second kappa shape index (κ2) is 11.2. The zero-order valence-electron chi connectivity index (χ0n) is 19.1. The van der Waals surface area contributed by atoms with Gasteiger partial charge in [0.15, 0.2) is 17.2 Å². The highest BCUT2D eigenvalue weighted by Gasteiger charge is 2.34. The van der Waals surface area contributed by atoms with Crippen LogP contribution < -0.4 is 10.4 Å². The Morgan fingerprint density at radius 2 is 1.85 bits per heavy atom. The Kier molecular flexibility index (Phi) is 8.35. The number of hydrogen-bond acceptors (Lipinski definition) is 7. The second-order valence-corrected chi connectivity index (χ2v) is 7.85. The van der Waals surface area contributed by atoms with E-state index in [9.17, 15) is 28.3 Å². The number of ketones is 1. The van der Waals surface area contributed by atoms with Gasteiger partial charge >= 0.3 is 0 Å². The summed E-state index contributed by atoms with van der Waals surface area (Å²) < 4.78 is 38.5. The first-order valence-electron chi connectivity index (χ1n) is 10.8. The molecular weight excluding hydrogens is 452 g/mol. The minimum absolute atomic E-state index is 0.0613. The lowest BCUT2D eigenvalue weighted by Crippen LogP contribution is -2.55. The molecule has 1 amide bonds. The molecule has 3 rings (SSSR count). The number of methoxy groups -OCH3 is 2. The Labute approximate surface area is 195 Å². The molecule has 0 fully saturated rings. The van der Waals surface area contributed by atoms with Crippen LogP contribution in [0.5, 0.6) is 5.75 Å². The van der Waals surface area contributed by atoms with Crippen LogP contribution in [0.2, 0.25) is 0 Å². The molecule has 1 N–H and O–H groups in total. The maximum atomic E-state index is 13.9. The standard InChI is InChI=1S/C23H27F2N3O6/c1-33-10-3-8-27-14-26(9-11-34-2)23(32)20-22(31)21(30)17(13-28(20)27)19(29)7-5-15-4-6-16(24)12-18(15)25/h4,6,12-13,31H,3,5,7-11,14H2,1-2H3. The minimum Gasteiger partial charge on any atom is -0.502 e. The first-order chi connectivity index (χ1) is 16.3. The lowest BCUT2D eigenvalue weighted by molar-refractivity contribution is 0.0619. The SMILES string of the molecule is COCCCN1CN(CCOC)C(=O)c2c(O)c(=O)c(C(=O)CCc3ccc(F)cc3F)cn21. The zero-order valence-corrected chi connectivity index (χ0v) is 19.1. The van der Waals surface area contributed by atoms with Crippen molar-refractivity contribution in [2.75, 3.05) is 52.2 Å². The monoisotopic (exact) mass is 479 g/mol. The number of aromatic hydroxyl groups is 1. The van der Waals surface area contributed by atoms with Gasteiger partial charge in [-0.05, 0) is 24.5 Å². The zero-order chi connectivity index (χ0) is 24.8. The molecule has 0 bridgehead atoms. The summed E-state index contributed by atoms with van der Waals surface area (Å²) in [6, 6.07) is 3.04. The first kappa shape index (κ1) is 25.3. The number of fused-ring (bicyclic) bond motifs is 1. The van der Waals surface area contributed by atoms with E-state index in [1.54, 1.807) is 12.1 Å². The second-order valence-electron chi connectivity index (χ2n) is 7.85. The number of aryl methyl sites for hydroxylation is 1. The average Bonchev–Trinajstić information content (AvgIpc) is 2.81. The summed E-state index contributed by atoms with van der Waals surface area (Å²) in [6.45, 7) is 1.51. The van der Waals surface area contributed by atoms with E-state index in [2.05, 4.69) is 0 Å². The lowest BCUT2D eigenvalue weighted by Gasteiger charge is -2.39. The normalized spacial score (nSPS) is 13.4. The summed E-state index contributed by atoms with van der Waals surface area (Å²) in [5.41, 5.74) is -1.42. The number of carbonyl (C=O) groups is 2. The molecule has 0 saturated heterocycles. The molecule has 0 atom stereocenters. The van der Waals surface area contributed by atoms with Crippen LogP contribution in [0.15, 0.2) is 29.2 Å². The third kappa shape index (κ3) is 5.42. The molecule has 0 spiro atoms. The molecule has 0 unspecified atom stereocenters. The molecule has 2 aromatic rings.